The molecule has 1 amide bonds. The maximum absolute atomic E-state index is 12.7. The van der Waals surface area contributed by atoms with E-state index in [2.05, 4.69) is 35.0 Å². The fourth-order valence-corrected chi connectivity index (χ4v) is 4.63. The van der Waals surface area contributed by atoms with Crippen molar-refractivity contribution in [3.63, 3.8) is 0 Å². The smallest absolute Gasteiger partial charge is 0.251 e. The number of ether oxygens (including phenoxy) is 4. The van der Waals surface area contributed by atoms with Gasteiger partial charge in [0.15, 0.2) is 11.5 Å². The number of benzene rings is 3. The third kappa shape index (κ3) is 6.82. The number of rotatable bonds is 14. The van der Waals surface area contributed by atoms with E-state index in [1.54, 1.807) is 12.1 Å². The van der Waals surface area contributed by atoms with E-state index in [0.717, 1.165) is 60.4 Å². The molecule has 8 nitrogen and oxygen atoms in total. The molecular formula is C31H37N3O5. The van der Waals surface area contributed by atoms with Crippen molar-refractivity contribution in [2.24, 2.45) is 0 Å². The summed E-state index contributed by atoms with van der Waals surface area (Å²) >= 11 is 0. The minimum atomic E-state index is -0.176. The normalized spacial score (nSPS) is 10.9. The summed E-state index contributed by atoms with van der Waals surface area (Å²) < 4.78 is 24.4. The van der Waals surface area contributed by atoms with E-state index in [4.69, 9.17) is 23.9 Å². The molecule has 0 unspecified atom stereocenters. The lowest BCUT2D eigenvalue weighted by Gasteiger charge is -2.14. The average Bonchev–Trinajstić information content (AvgIpc) is 3.32. The molecular weight excluding hydrogens is 494 g/mol. The first-order chi connectivity index (χ1) is 19.0. The van der Waals surface area contributed by atoms with Crippen LogP contribution in [0.3, 0.4) is 0 Å². The number of hydrogen-bond acceptors (Lipinski definition) is 6. The number of para-hydroxylation sites is 3. The largest absolute Gasteiger partial charge is 0.493 e. The van der Waals surface area contributed by atoms with Crippen LogP contribution in [0.5, 0.6) is 23.0 Å². The molecule has 1 aromatic heterocycles. The monoisotopic (exact) mass is 531 g/mol. The van der Waals surface area contributed by atoms with Crippen LogP contribution in [0.15, 0.2) is 60.7 Å². The molecule has 8 heteroatoms. The molecule has 0 aliphatic rings. The van der Waals surface area contributed by atoms with Crippen molar-refractivity contribution in [2.75, 3.05) is 34.5 Å². The van der Waals surface area contributed by atoms with Crippen molar-refractivity contribution in [3.8, 4) is 23.0 Å². The third-order valence-electron chi connectivity index (χ3n) is 6.69. The van der Waals surface area contributed by atoms with E-state index in [1.165, 1.54) is 21.3 Å². The zero-order valence-corrected chi connectivity index (χ0v) is 23.2. The highest BCUT2D eigenvalue weighted by atomic mass is 16.5. The molecule has 0 saturated carbocycles. The molecule has 0 radical (unpaired) electrons. The fraction of sp³-hybridized carbons (Fsp3) is 0.355. The highest BCUT2D eigenvalue weighted by Crippen LogP contribution is 2.38. The van der Waals surface area contributed by atoms with Gasteiger partial charge in [-0.05, 0) is 55.7 Å². The first-order valence-electron chi connectivity index (χ1n) is 13.3. The van der Waals surface area contributed by atoms with Gasteiger partial charge in [0.05, 0.1) is 38.9 Å². The van der Waals surface area contributed by atoms with Crippen LogP contribution in [0.25, 0.3) is 11.0 Å². The minimum Gasteiger partial charge on any atom is -0.493 e. The Labute approximate surface area is 229 Å². The second kappa shape index (κ2) is 13.6. The molecule has 0 atom stereocenters. The van der Waals surface area contributed by atoms with Crippen molar-refractivity contribution in [3.05, 3.63) is 77.6 Å². The van der Waals surface area contributed by atoms with Gasteiger partial charge in [0, 0.05) is 18.5 Å². The Morgan fingerprint density at radius 2 is 1.59 bits per heavy atom. The number of carbonyl (C=O) groups excluding carboxylic acids is 1. The molecule has 0 aliphatic heterocycles. The fourth-order valence-electron chi connectivity index (χ4n) is 4.63. The van der Waals surface area contributed by atoms with E-state index in [9.17, 15) is 4.79 Å². The molecule has 4 rings (SSSR count). The number of aromatic nitrogens is 2. The van der Waals surface area contributed by atoms with Crippen LogP contribution in [0, 0.1) is 6.92 Å². The number of amides is 1. The average molecular weight is 532 g/mol. The summed E-state index contributed by atoms with van der Waals surface area (Å²) in [6.45, 7) is 3.94. The second-order valence-electron chi connectivity index (χ2n) is 9.26. The number of nitrogens with zero attached hydrogens (tertiary/aromatic N) is 2. The molecule has 0 aliphatic carbocycles. The van der Waals surface area contributed by atoms with E-state index in [-0.39, 0.29) is 5.91 Å². The van der Waals surface area contributed by atoms with Gasteiger partial charge >= 0.3 is 0 Å². The highest BCUT2D eigenvalue weighted by Gasteiger charge is 2.17. The number of carbonyl (C=O) groups is 1. The van der Waals surface area contributed by atoms with Crippen molar-refractivity contribution >= 4 is 16.9 Å². The minimum absolute atomic E-state index is 0.176. The van der Waals surface area contributed by atoms with Crippen LogP contribution >= 0.6 is 0 Å². The number of fused-ring (bicyclic) bond motifs is 1. The van der Waals surface area contributed by atoms with Crippen molar-refractivity contribution in [1.29, 1.82) is 0 Å². The van der Waals surface area contributed by atoms with Crippen LogP contribution in [0.4, 0.5) is 0 Å². The first kappa shape index (κ1) is 27.8. The van der Waals surface area contributed by atoms with E-state index in [0.29, 0.717) is 36.0 Å². The summed E-state index contributed by atoms with van der Waals surface area (Å²) in [6, 6.07) is 19.6. The van der Waals surface area contributed by atoms with Gasteiger partial charge in [-0.3, -0.25) is 4.79 Å². The molecule has 3 aromatic carbocycles. The topological polar surface area (TPSA) is 83.8 Å². The van der Waals surface area contributed by atoms with Crippen molar-refractivity contribution in [1.82, 2.24) is 14.9 Å². The van der Waals surface area contributed by atoms with Gasteiger partial charge in [-0.25, -0.2) is 4.98 Å². The number of aryl methyl sites for hydroxylation is 2. The lowest BCUT2D eigenvalue weighted by molar-refractivity contribution is 0.0952. The van der Waals surface area contributed by atoms with Gasteiger partial charge < -0.3 is 28.8 Å². The molecule has 0 spiro atoms. The van der Waals surface area contributed by atoms with E-state index < -0.39 is 0 Å². The standard InChI is InChI=1S/C31H37N3O5/c1-22-12-7-10-15-26(22)39-19-18-34-25-14-9-8-13-24(25)33-29(34)16-6-5-11-17-32-31(35)23-20-27(36-2)30(38-4)28(21-23)37-3/h7-10,12-15,20-21H,5-6,11,16-19H2,1-4H3,(H,32,35). The van der Waals surface area contributed by atoms with Crippen LogP contribution in [-0.4, -0.2) is 49.9 Å². The van der Waals surface area contributed by atoms with Crippen LogP contribution < -0.4 is 24.3 Å². The number of methoxy groups -OCH3 is 3. The first-order valence-corrected chi connectivity index (χ1v) is 13.3. The van der Waals surface area contributed by atoms with Gasteiger partial charge in [-0.15, -0.1) is 0 Å². The summed E-state index contributed by atoms with van der Waals surface area (Å²) in [5.74, 6) is 3.17. The second-order valence-corrected chi connectivity index (χ2v) is 9.26. The number of nitrogens with one attached hydrogen (secondary N) is 1. The predicted octanol–water partition coefficient (Wildman–Crippen LogP) is 5.59. The Bertz CT molecular complexity index is 1370. The van der Waals surface area contributed by atoms with Gasteiger partial charge in [-0.1, -0.05) is 36.8 Å². The van der Waals surface area contributed by atoms with Crippen molar-refractivity contribution < 1.29 is 23.7 Å². The Morgan fingerprint density at radius 3 is 2.31 bits per heavy atom. The maximum Gasteiger partial charge on any atom is 0.251 e. The summed E-state index contributed by atoms with van der Waals surface area (Å²) in [4.78, 5) is 17.6. The Kier molecular flexibility index (Phi) is 9.67. The Morgan fingerprint density at radius 1 is 0.872 bits per heavy atom. The van der Waals surface area contributed by atoms with E-state index >= 15 is 0 Å². The van der Waals surface area contributed by atoms with Gasteiger partial charge in [0.1, 0.15) is 18.2 Å². The summed E-state index contributed by atoms with van der Waals surface area (Å²) in [6.07, 6.45) is 3.67. The quantitative estimate of drug-likeness (QED) is 0.214. The summed E-state index contributed by atoms with van der Waals surface area (Å²) in [7, 11) is 4.60. The molecule has 1 N–H and O–H groups in total. The zero-order chi connectivity index (χ0) is 27.6. The van der Waals surface area contributed by atoms with Crippen LogP contribution in [-0.2, 0) is 13.0 Å². The molecule has 0 bridgehead atoms. The zero-order valence-electron chi connectivity index (χ0n) is 23.2. The van der Waals surface area contributed by atoms with Gasteiger partial charge in [0.25, 0.3) is 5.91 Å². The van der Waals surface area contributed by atoms with E-state index in [1.807, 2.05) is 30.3 Å². The SMILES string of the molecule is COc1cc(C(=O)NCCCCCc2nc3ccccc3n2CCOc2ccccc2C)cc(OC)c1OC. The molecule has 4 aromatic rings. The van der Waals surface area contributed by atoms with Crippen molar-refractivity contribution in [2.45, 2.75) is 39.2 Å². The number of unbranched alkanes of at least 4 members (excludes halogenated alkanes) is 2. The van der Waals surface area contributed by atoms with Gasteiger partial charge in [-0.2, -0.15) is 0 Å². The molecule has 206 valence electrons. The van der Waals surface area contributed by atoms with Gasteiger partial charge in [0.2, 0.25) is 5.75 Å². The number of imidazole rings is 1. The summed E-state index contributed by atoms with van der Waals surface area (Å²) in [5.41, 5.74) is 3.72. The number of hydrogen-bond donors (Lipinski definition) is 1. The maximum atomic E-state index is 12.7. The van der Waals surface area contributed by atoms with Crippen LogP contribution in [0.2, 0.25) is 0 Å². The molecule has 0 fully saturated rings. The Balaban J connectivity index is 1.28. The lowest BCUT2D eigenvalue weighted by atomic mass is 10.1. The highest BCUT2D eigenvalue weighted by molar-refractivity contribution is 5.95. The molecule has 1 heterocycles. The molecule has 0 saturated heterocycles. The summed E-state index contributed by atoms with van der Waals surface area (Å²) in [5, 5.41) is 2.99. The third-order valence-corrected chi connectivity index (χ3v) is 6.69. The Hall–Kier alpha value is -4.20. The lowest BCUT2D eigenvalue weighted by Crippen LogP contribution is -2.24. The predicted molar refractivity (Wildman–Crippen MR) is 152 cm³/mol. The molecule has 39 heavy (non-hydrogen) atoms. The van der Waals surface area contributed by atoms with Crippen LogP contribution in [0.1, 0.15) is 41.0 Å².